The molecule has 6 nitrogen and oxygen atoms in total. The van der Waals surface area contributed by atoms with Crippen LogP contribution in [-0.2, 0) is 6.42 Å². The highest BCUT2D eigenvalue weighted by Crippen LogP contribution is 2.19. The molecule has 0 aliphatic heterocycles. The maximum Gasteiger partial charge on any atom is 0.269 e. The predicted molar refractivity (Wildman–Crippen MR) is 487 cm³/mol. The molecule has 0 saturated carbocycles. The second-order valence-corrected chi connectivity index (χ2v) is 23.7. The summed E-state index contributed by atoms with van der Waals surface area (Å²) in [6.45, 7) is 37.1. The number of hydrogen-bond donors (Lipinski definition) is 0. The third-order valence-corrected chi connectivity index (χ3v) is 13.9. The molecule has 2 unspecified atom stereocenters. The van der Waals surface area contributed by atoms with E-state index in [1.54, 1.807) is 31.6 Å². The fraction of sp³-hybridized carbons (Fsp3) is 0.385. The van der Waals surface area contributed by atoms with Gasteiger partial charge in [-0.05, 0) is 186 Å². The molecule has 111 heavy (non-hydrogen) atoms. The van der Waals surface area contributed by atoms with Crippen molar-refractivity contribution in [1.82, 2.24) is 4.98 Å². The fourth-order valence-electron chi connectivity index (χ4n) is 7.76. The summed E-state index contributed by atoms with van der Waals surface area (Å²) in [5.41, 5.74) is 8.10. The van der Waals surface area contributed by atoms with Crippen molar-refractivity contribution in [2.45, 2.75) is 258 Å². The molecular weight excluding hydrogens is 1420 g/mol. The molecule has 0 radical (unpaired) electrons. The van der Waals surface area contributed by atoms with E-state index in [2.05, 4.69) is 297 Å². The Bertz CT molecular complexity index is 4040. The molecule has 0 amide bonds. The first-order valence-electron chi connectivity index (χ1n) is 38.7. The molecule has 6 aromatic carbocycles. The smallest absolute Gasteiger partial charge is 0.269 e. The molecule has 0 saturated heterocycles. The van der Waals surface area contributed by atoms with Gasteiger partial charge >= 0.3 is 0 Å². The summed E-state index contributed by atoms with van der Waals surface area (Å²) in [6.07, 6.45) is 25.3. The van der Waals surface area contributed by atoms with Crippen LogP contribution in [0.1, 0.15) is 290 Å². The number of rotatable bonds is 16. The Labute approximate surface area is 686 Å². The Morgan fingerprint density at radius 2 is 0.820 bits per heavy atom. The second kappa shape index (κ2) is 89.4. The summed E-state index contributed by atoms with van der Waals surface area (Å²) in [5.74, 6) is 61.8. The third kappa shape index (κ3) is 75.4. The van der Waals surface area contributed by atoms with E-state index in [0.717, 1.165) is 150 Å². The van der Waals surface area contributed by atoms with Gasteiger partial charge in [-0.3, -0.25) is 15.1 Å². The van der Waals surface area contributed by atoms with Gasteiger partial charge in [0, 0.05) is 133 Å². The molecule has 2 atom stereocenters. The normalized spacial score (nSPS) is 8.65. The summed E-state index contributed by atoms with van der Waals surface area (Å²) < 4.78 is 5.05. The molecule has 7 aromatic rings. The number of non-ortho nitro benzene ring substituents is 1. The Kier molecular flexibility index (Phi) is 87.3. The maximum absolute atomic E-state index is 10.3. The molecule has 0 fully saturated rings. The lowest BCUT2D eigenvalue weighted by Gasteiger charge is -2.06. The van der Waals surface area contributed by atoms with Gasteiger partial charge in [0.25, 0.3) is 5.69 Å². The van der Waals surface area contributed by atoms with Gasteiger partial charge < -0.3 is 4.74 Å². The molecule has 0 aliphatic rings. The summed E-state index contributed by atoms with van der Waals surface area (Å²) in [5, 5.41) is 10.3. The van der Waals surface area contributed by atoms with Crippen LogP contribution in [-0.4, -0.2) is 17.0 Å². The number of nitro benzene ring substituents is 1. The number of benzene rings is 6. The molecule has 0 N–H and O–H groups in total. The molecule has 1 heterocycles. The van der Waals surface area contributed by atoms with Crippen LogP contribution in [0.3, 0.4) is 0 Å². The quantitative estimate of drug-likeness (QED) is 0.0418. The van der Waals surface area contributed by atoms with E-state index in [9.17, 15) is 10.1 Å². The standard InChI is InChI=1S/C12H14O.3C12H14.C11H11NO2.C11H12.C10H11N.C6H7N.2C6H10.C5H7Br.CH4/c1-3-4-5-6-11-7-9-12(13-2)10-8-11;1-3-4-8-11(2)12-9-6-5-7-10-12;1-3-8-11(4-2)12-9-6-5-7-10-12;1-2-3-4-6-9-12-10-7-5-8-11-12;1-2-3-4-5-10-6-8-11(9-7-10)12(13)14;1-2-3-5-8-11-9-6-4-7-10-11;1-2-3-4-6-10-7-5-8-11-9-10;1-3-4-5-6-7-2;2*1-3-5-6-4-2;1-2-3-4-5-6;/h7-10H,3-4H2,1-2H3;5-7,9-11H,8H2,1-2H3;5-7,9-11H,4H2,1-2H3;5,7-8,10-11H,2-3,9H2,1H3;6-9H,2-3H2,1H3;4,6-7,9-10H,2-3H2,1H3;5,7-9H,2-3H2,1H3;3-4H2,1H3;2*3,5H2,1-2H3;2-3H2,1H3;1H4. The van der Waals surface area contributed by atoms with Gasteiger partial charge in [0.1, 0.15) is 18.4 Å². The second-order valence-electron chi connectivity index (χ2n) is 23.3. The molecule has 0 aliphatic carbocycles. The molecular formula is C104H128BrN3O3. The van der Waals surface area contributed by atoms with Crippen molar-refractivity contribution in [1.29, 1.82) is 0 Å². The van der Waals surface area contributed by atoms with E-state index in [4.69, 9.17) is 11.3 Å². The van der Waals surface area contributed by atoms with Crippen LogP contribution in [0, 0.1) is 146 Å². The van der Waals surface area contributed by atoms with E-state index in [1.165, 1.54) is 41.7 Å². The monoisotopic (exact) mass is 1550 g/mol. The third-order valence-electron chi connectivity index (χ3n) is 13.6. The van der Waals surface area contributed by atoms with Gasteiger partial charge in [-0.2, -0.15) is 4.85 Å². The van der Waals surface area contributed by atoms with Gasteiger partial charge in [0.15, 0.2) is 0 Å². The van der Waals surface area contributed by atoms with Crippen LogP contribution in [0.4, 0.5) is 5.69 Å². The van der Waals surface area contributed by atoms with Gasteiger partial charge in [0.2, 0.25) is 0 Å². The van der Waals surface area contributed by atoms with Gasteiger partial charge in [0.05, 0.1) is 12.0 Å². The zero-order valence-electron chi connectivity index (χ0n) is 69.4. The van der Waals surface area contributed by atoms with Crippen molar-refractivity contribution in [2.75, 3.05) is 7.11 Å². The number of hydrogen-bond acceptors (Lipinski definition) is 4. The van der Waals surface area contributed by atoms with Crippen LogP contribution >= 0.6 is 15.9 Å². The predicted octanol–water partition coefficient (Wildman–Crippen LogP) is 28.2. The number of aromatic nitrogens is 1. The van der Waals surface area contributed by atoms with Crippen molar-refractivity contribution in [3.8, 4) is 135 Å². The zero-order chi connectivity index (χ0) is 82.1. The Balaban J connectivity index is -0.000000375. The highest BCUT2D eigenvalue weighted by Gasteiger charge is 2.04. The first-order chi connectivity index (χ1) is 53.8. The maximum atomic E-state index is 10.3. The highest BCUT2D eigenvalue weighted by atomic mass is 79.9. The van der Waals surface area contributed by atoms with Crippen molar-refractivity contribution in [3.05, 3.63) is 255 Å². The topological polar surface area (TPSA) is 69.6 Å². The number of pyridine rings is 1. The number of unbranched alkanes of at least 4 members (excludes halogenated alkanes) is 9. The number of nitrogens with zero attached hydrogens (tertiary/aromatic N) is 3. The first-order valence-corrected chi connectivity index (χ1v) is 39.5. The summed E-state index contributed by atoms with van der Waals surface area (Å²) in [4.78, 5) is 19.4. The van der Waals surface area contributed by atoms with Gasteiger partial charge in [-0.1, -0.05) is 258 Å². The lowest BCUT2D eigenvalue weighted by molar-refractivity contribution is -0.384. The van der Waals surface area contributed by atoms with Crippen molar-refractivity contribution in [3.63, 3.8) is 0 Å². The molecule has 0 spiro atoms. The van der Waals surface area contributed by atoms with Crippen molar-refractivity contribution < 1.29 is 9.66 Å². The number of ether oxygens (including phenoxy) is 1. The summed E-state index contributed by atoms with van der Waals surface area (Å²) in [7, 11) is 1.66. The van der Waals surface area contributed by atoms with Crippen LogP contribution in [0.5, 0.6) is 5.75 Å². The van der Waals surface area contributed by atoms with Crippen LogP contribution in [0.25, 0.3) is 4.85 Å². The molecule has 1 aromatic heterocycles. The minimum absolute atomic E-state index is 0. The van der Waals surface area contributed by atoms with Crippen LogP contribution in [0.15, 0.2) is 194 Å². The Morgan fingerprint density at radius 3 is 1.19 bits per heavy atom. The first kappa shape index (κ1) is 108. The van der Waals surface area contributed by atoms with Crippen molar-refractivity contribution in [2.24, 2.45) is 0 Å². The highest BCUT2D eigenvalue weighted by molar-refractivity contribution is 9.12. The average Bonchev–Trinajstić information content (AvgIpc) is 0.920. The molecule has 0 bridgehead atoms. The lowest BCUT2D eigenvalue weighted by Crippen LogP contribution is -1.92. The summed E-state index contributed by atoms with van der Waals surface area (Å²) >= 11 is 2.99. The van der Waals surface area contributed by atoms with Gasteiger partial charge in [-0.15, -0.1) is 53.3 Å². The van der Waals surface area contributed by atoms with Gasteiger partial charge in [-0.25, -0.2) is 0 Å². The van der Waals surface area contributed by atoms with Crippen molar-refractivity contribution >= 4 is 21.6 Å². The molecule has 7 heteroatoms. The average molecular weight is 1550 g/mol. The Hall–Kier alpha value is -11.2. The van der Waals surface area contributed by atoms with Crippen LogP contribution in [0.2, 0.25) is 0 Å². The minimum atomic E-state index is -0.413. The SMILES string of the molecule is C.CC#CC(CC)c1ccccc1.CC#CCC(C)c1ccccc1.CC#CCCC.CC#CCCC.CCCC#CBr.CCCC#CCc1ccccc1.CCCC#Cc1ccc(OC)cc1.CCCC#Cc1ccc([N+](=O)[O-])cc1.CCCC#Cc1ccccc1.CCCC#Cc1cccnc1.[C-]#[N+]C#CCCC. The number of halogens is 1. The van der Waals surface area contributed by atoms with E-state index in [1.807, 2.05) is 120 Å². The lowest BCUT2D eigenvalue weighted by atomic mass is 9.97. The van der Waals surface area contributed by atoms with Crippen LogP contribution < -0.4 is 4.74 Å². The fourth-order valence-corrected chi connectivity index (χ4v) is 7.96. The summed E-state index contributed by atoms with van der Waals surface area (Å²) in [6, 6.07) is 61.6. The number of nitro groups is 1. The Morgan fingerprint density at radius 1 is 0.441 bits per heavy atom. The molecule has 7 rings (SSSR count). The zero-order valence-corrected chi connectivity index (χ0v) is 71.0. The van der Waals surface area contributed by atoms with E-state index >= 15 is 0 Å². The number of methoxy groups -OCH3 is 1. The molecule has 584 valence electrons. The van der Waals surface area contributed by atoms with E-state index in [0.29, 0.717) is 11.8 Å². The van der Waals surface area contributed by atoms with E-state index < -0.39 is 4.92 Å². The minimum Gasteiger partial charge on any atom is -0.497 e. The largest absolute Gasteiger partial charge is 0.497 e. The van der Waals surface area contributed by atoms with E-state index in [-0.39, 0.29) is 13.1 Å².